The van der Waals surface area contributed by atoms with Gasteiger partial charge in [0, 0.05) is 19.4 Å². The topological polar surface area (TPSA) is 89.7 Å². The molecule has 0 radical (unpaired) electrons. The van der Waals surface area contributed by atoms with Crippen molar-refractivity contribution in [2.24, 2.45) is 7.05 Å². The van der Waals surface area contributed by atoms with Crippen LogP contribution in [0.3, 0.4) is 0 Å². The lowest BCUT2D eigenvalue weighted by molar-refractivity contribution is 0.0936. The highest BCUT2D eigenvalue weighted by Crippen LogP contribution is 2.22. The molecule has 0 aliphatic carbocycles. The van der Waals surface area contributed by atoms with Crippen molar-refractivity contribution in [1.82, 2.24) is 35.2 Å². The van der Waals surface area contributed by atoms with Gasteiger partial charge < -0.3 is 15.2 Å². The number of aryl methyl sites for hydroxylation is 1. The van der Waals surface area contributed by atoms with Crippen LogP contribution in [0.2, 0.25) is 0 Å². The number of benzene rings is 1. The van der Waals surface area contributed by atoms with E-state index in [1.54, 1.807) is 40.0 Å². The highest BCUT2D eigenvalue weighted by molar-refractivity contribution is 5.92. The van der Waals surface area contributed by atoms with E-state index < -0.39 is 6.04 Å². The second-order valence-electron chi connectivity index (χ2n) is 6.92. The van der Waals surface area contributed by atoms with Gasteiger partial charge in [0.05, 0.1) is 12.2 Å². The van der Waals surface area contributed by atoms with Crippen molar-refractivity contribution < 1.29 is 9.18 Å². The van der Waals surface area contributed by atoms with Gasteiger partial charge in [0.25, 0.3) is 5.91 Å². The van der Waals surface area contributed by atoms with Crippen molar-refractivity contribution in [3.05, 3.63) is 65.8 Å². The Hall–Kier alpha value is -2.49. The maximum atomic E-state index is 13.8. The summed E-state index contributed by atoms with van der Waals surface area (Å²) in [6.07, 6.45) is 6.99. The molecule has 2 aromatic heterocycles. The molecular formula is C19H24Cl2FN7O. The second kappa shape index (κ2) is 10.5. The molecule has 2 N–H and O–H groups in total. The highest BCUT2D eigenvalue weighted by Gasteiger charge is 2.24. The van der Waals surface area contributed by atoms with Crippen LogP contribution in [0.25, 0.3) is 0 Å². The molecule has 0 spiro atoms. The van der Waals surface area contributed by atoms with Gasteiger partial charge in [0.2, 0.25) is 0 Å². The van der Waals surface area contributed by atoms with Crippen LogP contribution in [0.5, 0.6) is 0 Å². The number of rotatable bonds is 5. The first-order valence-electron chi connectivity index (χ1n) is 9.28. The average Bonchev–Trinajstić information content (AvgIpc) is 3.36. The highest BCUT2D eigenvalue weighted by atomic mass is 35.5. The van der Waals surface area contributed by atoms with E-state index in [4.69, 9.17) is 0 Å². The van der Waals surface area contributed by atoms with Gasteiger partial charge in [0.15, 0.2) is 5.69 Å². The van der Waals surface area contributed by atoms with Crippen LogP contribution in [0, 0.1) is 5.82 Å². The van der Waals surface area contributed by atoms with Crippen LogP contribution in [0.4, 0.5) is 4.39 Å². The number of carbonyl (C=O) groups excluding carboxylic acids is 1. The first kappa shape index (κ1) is 23.8. The quantitative estimate of drug-likeness (QED) is 0.616. The van der Waals surface area contributed by atoms with E-state index in [-0.39, 0.29) is 48.3 Å². The molecule has 1 saturated heterocycles. The smallest absolute Gasteiger partial charge is 0.274 e. The summed E-state index contributed by atoms with van der Waals surface area (Å²) in [6.45, 7) is 1.85. The summed E-state index contributed by atoms with van der Waals surface area (Å²) >= 11 is 0. The van der Waals surface area contributed by atoms with Crippen molar-refractivity contribution in [2.75, 3.05) is 13.1 Å². The first-order valence-corrected chi connectivity index (χ1v) is 9.28. The summed E-state index contributed by atoms with van der Waals surface area (Å²) in [5.41, 5.74) is 0.836. The first-order chi connectivity index (χ1) is 13.6. The molecule has 11 heteroatoms. The maximum absolute atomic E-state index is 13.8. The normalized spacial score (nSPS) is 15.0. The molecule has 3 aromatic rings. The Morgan fingerprint density at radius 2 is 2.07 bits per heavy atom. The van der Waals surface area contributed by atoms with Gasteiger partial charge in [-0.05, 0) is 43.6 Å². The van der Waals surface area contributed by atoms with Crippen LogP contribution in [0.15, 0.2) is 42.9 Å². The fourth-order valence-electron chi connectivity index (χ4n) is 3.47. The van der Waals surface area contributed by atoms with E-state index in [0.29, 0.717) is 11.4 Å². The molecular weight excluding hydrogens is 432 g/mol. The number of carbonyl (C=O) groups is 1. The fourth-order valence-corrected chi connectivity index (χ4v) is 3.47. The zero-order chi connectivity index (χ0) is 19.5. The summed E-state index contributed by atoms with van der Waals surface area (Å²) in [4.78, 5) is 17.2. The Bertz CT molecular complexity index is 971. The number of hydrogen-bond acceptors (Lipinski definition) is 5. The minimum absolute atomic E-state index is 0. The van der Waals surface area contributed by atoms with Gasteiger partial charge in [-0.25, -0.2) is 14.1 Å². The standard InChI is InChI=1S/C19H22FN7O.2ClH/c1-26-10-9-22-18(26)17(13-3-2-4-14(20)11-13)23-19(28)16-12-27(25-24-16)15-5-7-21-8-6-15;;/h2-4,9-12,15,17,21H,5-8H2,1H3,(H,23,28);2*1H. The fraction of sp³-hybridized carbons (Fsp3) is 0.368. The predicted octanol–water partition coefficient (Wildman–Crippen LogP) is 2.44. The SMILES string of the molecule is Cl.Cl.Cn1ccnc1C(NC(=O)c1cn(C2CCNCC2)nn1)c1cccc(F)c1. The summed E-state index contributed by atoms with van der Waals surface area (Å²) in [7, 11) is 1.83. The number of aromatic nitrogens is 5. The molecule has 1 aromatic carbocycles. The summed E-state index contributed by atoms with van der Waals surface area (Å²) in [6, 6.07) is 5.77. The van der Waals surface area contributed by atoms with Gasteiger partial charge in [-0.1, -0.05) is 17.3 Å². The number of halogens is 3. The van der Waals surface area contributed by atoms with E-state index >= 15 is 0 Å². The van der Waals surface area contributed by atoms with Crippen LogP contribution in [-0.2, 0) is 7.05 Å². The lowest BCUT2D eigenvalue weighted by Crippen LogP contribution is -2.31. The Balaban J connectivity index is 0.00000160. The zero-order valence-electron chi connectivity index (χ0n) is 16.4. The van der Waals surface area contributed by atoms with E-state index in [1.807, 2.05) is 7.05 Å². The van der Waals surface area contributed by atoms with Gasteiger partial charge in [0.1, 0.15) is 17.7 Å². The van der Waals surface area contributed by atoms with E-state index in [1.165, 1.54) is 12.1 Å². The van der Waals surface area contributed by atoms with Crippen LogP contribution in [-0.4, -0.2) is 43.5 Å². The number of piperidine rings is 1. The van der Waals surface area contributed by atoms with Gasteiger partial charge in [-0.15, -0.1) is 29.9 Å². The number of amides is 1. The van der Waals surface area contributed by atoms with Crippen LogP contribution < -0.4 is 10.6 Å². The van der Waals surface area contributed by atoms with Crippen molar-refractivity contribution in [3.63, 3.8) is 0 Å². The van der Waals surface area contributed by atoms with E-state index in [2.05, 4.69) is 25.9 Å². The Morgan fingerprint density at radius 1 is 1.30 bits per heavy atom. The summed E-state index contributed by atoms with van der Waals surface area (Å²) < 4.78 is 17.3. The van der Waals surface area contributed by atoms with Crippen LogP contribution in [0.1, 0.15) is 46.8 Å². The molecule has 1 atom stereocenters. The monoisotopic (exact) mass is 455 g/mol. The summed E-state index contributed by atoms with van der Waals surface area (Å²) in [5, 5.41) is 14.4. The third kappa shape index (κ3) is 5.16. The largest absolute Gasteiger partial charge is 0.337 e. The third-order valence-corrected chi connectivity index (χ3v) is 5.00. The molecule has 3 heterocycles. The second-order valence-corrected chi connectivity index (χ2v) is 6.92. The lowest BCUT2D eigenvalue weighted by atomic mass is 10.1. The van der Waals surface area contributed by atoms with Crippen molar-refractivity contribution in [2.45, 2.75) is 24.9 Å². The zero-order valence-corrected chi connectivity index (χ0v) is 18.0. The molecule has 30 heavy (non-hydrogen) atoms. The van der Waals surface area contributed by atoms with Gasteiger partial charge in [-0.3, -0.25) is 4.79 Å². The van der Waals surface area contributed by atoms with Crippen LogP contribution >= 0.6 is 24.8 Å². The minimum atomic E-state index is -0.604. The molecule has 162 valence electrons. The Kier molecular flexibility index (Phi) is 8.33. The van der Waals surface area contributed by atoms with Crippen molar-refractivity contribution in [1.29, 1.82) is 0 Å². The van der Waals surface area contributed by atoms with Gasteiger partial charge in [-0.2, -0.15) is 0 Å². The molecule has 4 rings (SSSR count). The van der Waals surface area contributed by atoms with Gasteiger partial charge >= 0.3 is 0 Å². The molecule has 1 unspecified atom stereocenters. The number of imidazole rings is 1. The number of hydrogen-bond donors (Lipinski definition) is 2. The molecule has 1 fully saturated rings. The molecule has 8 nitrogen and oxygen atoms in total. The van der Waals surface area contributed by atoms with Crippen molar-refractivity contribution >= 4 is 30.7 Å². The molecule has 1 aliphatic heterocycles. The Morgan fingerprint density at radius 3 is 2.73 bits per heavy atom. The molecule has 1 aliphatic rings. The lowest BCUT2D eigenvalue weighted by Gasteiger charge is -2.22. The maximum Gasteiger partial charge on any atom is 0.274 e. The average molecular weight is 456 g/mol. The van der Waals surface area contributed by atoms with E-state index in [0.717, 1.165) is 25.9 Å². The molecule has 0 saturated carbocycles. The third-order valence-electron chi connectivity index (χ3n) is 5.00. The van der Waals surface area contributed by atoms with Crippen molar-refractivity contribution in [3.8, 4) is 0 Å². The predicted molar refractivity (Wildman–Crippen MR) is 115 cm³/mol. The van der Waals surface area contributed by atoms with E-state index in [9.17, 15) is 9.18 Å². The Labute approximate surface area is 186 Å². The summed E-state index contributed by atoms with van der Waals surface area (Å²) in [5.74, 6) is -0.148. The number of nitrogens with zero attached hydrogens (tertiary/aromatic N) is 5. The number of nitrogens with one attached hydrogen (secondary N) is 2. The molecule has 1 amide bonds. The minimum Gasteiger partial charge on any atom is -0.337 e. The molecule has 0 bridgehead atoms.